The summed E-state index contributed by atoms with van der Waals surface area (Å²) in [5.74, 6) is -7.78. The monoisotopic (exact) mass is 458 g/mol. The fraction of sp³-hybridized carbons (Fsp3) is 0.185. The van der Waals surface area contributed by atoms with Crippen LogP contribution in [-0.2, 0) is 19.3 Å². The van der Waals surface area contributed by atoms with Gasteiger partial charge in [-0.05, 0) is 59.0 Å². The van der Waals surface area contributed by atoms with E-state index in [9.17, 15) is 26.3 Å². The second-order valence-electron chi connectivity index (χ2n) is 8.01. The highest BCUT2D eigenvalue weighted by Crippen LogP contribution is 2.29. The van der Waals surface area contributed by atoms with Crippen LogP contribution in [0.4, 0.5) is 26.3 Å². The molecular formula is C27H20F6. The summed E-state index contributed by atoms with van der Waals surface area (Å²) in [7, 11) is 0. The minimum atomic E-state index is -1.74. The molecule has 170 valence electrons. The maximum absolute atomic E-state index is 14.8. The third-order valence-electron chi connectivity index (χ3n) is 5.73. The second-order valence-corrected chi connectivity index (χ2v) is 8.01. The highest BCUT2D eigenvalue weighted by molar-refractivity contribution is 5.84. The van der Waals surface area contributed by atoms with Crippen LogP contribution >= 0.6 is 0 Å². The van der Waals surface area contributed by atoms with Crippen molar-refractivity contribution in [3.8, 4) is 11.1 Å². The summed E-state index contributed by atoms with van der Waals surface area (Å²) < 4.78 is 84.7. The van der Waals surface area contributed by atoms with Gasteiger partial charge in [0.1, 0.15) is 5.82 Å². The maximum atomic E-state index is 14.8. The minimum Gasteiger partial charge on any atom is -0.206 e. The smallest absolute Gasteiger partial charge is 0.195 e. The molecule has 6 heteroatoms. The molecule has 0 atom stereocenters. The zero-order chi connectivity index (χ0) is 23.7. The van der Waals surface area contributed by atoms with Gasteiger partial charge in [-0.25, -0.2) is 26.3 Å². The molecule has 0 nitrogen and oxygen atoms in total. The quantitative estimate of drug-likeness (QED) is 0.202. The number of rotatable bonds is 6. The molecule has 0 saturated carbocycles. The third-order valence-corrected chi connectivity index (χ3v) is 5.73. The number of benzene rings is 4. The first kappa shape index (κ1) is 22.9. The second kappa shape index (κ2) is 9.30. The average Bonchev–Trinajstić information content (AvgIpc) is 2.79. The lowest BCUT2D eigenvalue weighted by atomic mass is 9.97. The van der Waals surface area contributed by atoms with Gasteiger partial charge in [0.15, 0.2) is 29.1 Å². The van der Waals surface area contributed by atoms with Crippen LogP contribution in [0.1, 0.15) is 30.0 Å². The van der Waals surface area contributed by atoms with Crippen LogP contribution in [0.5, 0.6) is 0 Å². The van der Waals surface area contributed by atoms with Gasteiger partial charge >= 0.3 is 0 Å². The van der Waals surface area contributed by atoms with Crippen molar-refractivity contribution in [1.29, 1.82) is 0 Å². The van der Waals surface area contributed by atoms with E-state index in [-0.39, 0.29) is 29.4 Å². The Morgan fingerprint density at radius 1 is 0.576 bits per heavy atom. The van der Waals surface area contributed by atoms with Crippen molar-refractivity contribution in [2.75, 3.05) is 0 Å². The van der Waals surface area contributed by atoms with Crippen LogP contribution in [0.2, 0.25) is 0 Å². The summed E-state index contributed by atoms with van der Waals surface area (Å²) in [6, 6.07) is 13.3. The van der Waals surface area contributed by atoms with Gasteiger partial charge in [-0.15, -0.1) is 0 Å². The van der Waals surface area contributed by atoms with E-state index in [4.69, 9.17) is 0 Å². The van der Waals surface area contributed by atoms with Gasteiger partial charge in [0, 0.05) is 5.56 Å². The van der Waals surface area contributed by atoms with Crippen LogP contribution in [0, 0.1) is 34.9 Å². The Kier molecular flexibility index (Phi) is 6.45. The molecule has 0 aliphatic rings. The van der Waals surface area contributed by atoms with Gasteiger partial charge in [0.05, 0.1) is 5.39 Å². The molecule has 0 spiro atoms. The summed E-state index contributed by atoms with van der Waals surface area (Å²) in [6.45, 7) is 2.06. The van der Waals surface area contributed by atoms with E-state index in [2.05, 4.69) is 6.92 Å². The lowest BCUT2D eigenvalue weighted by molar-refractivity contribution is 0.451. The van der Waals surface area contributed by atoms with Crippen molar-refractivity contribution in [1.82, 2.24) is 0 Å². The standard InChI is InChI=1S/C27H20F6/c1-2-3-15-4-7-17(8-5-15)20-11-10-18(24(30)25(20)31)9-6-16-12-19-14-22(29)26(32)27(33)23(19)21(28)13-16/h4-5,7-8,10-14H,2-3,6,9H2,1H3. The molecule has 4 aromatic rings. The van der Waals surface area contributed by atoms with Crippen molar-refractivity contribution in [2.45, 2.75) is 32.6 Å². The molecule has 0 amide bonds. The zero-order valence-electron chi connectivity index (χ0n) is 17.8. The Balaban J connectivity index is 1.58. The topological polar surface area (TPSA) is 0 Å². The van der Waals surface area contributed by atoms with E-state index < -0.39 is 40.3 Å². The van der Waals surface area contributed by atoms with Gasteiger partial charge in [-0.3, -0.25) is 0 Å². The van der Waals surface area contributed by atoms with Crippen LogP contribution in [0.15, 0.2) is 54.6 Å². The molecule has 0 N–H and O–H groups in total. The molecule has 0 bridgehead atoms. The third kappa shape index (κ3) is 4.47. The zero-order valence-corrected chi connectivity index (χ0v) is 17.8. The van der Waals surface area contributed by atoms with E-state index in [0.717, 1.165) is 24.5 Å². The van der Waals surface area contributed by atoms with E-state index in [0.29, 0.717) is 17.2 Å². The van der Waals surface area contributed by atoms with E-state index in [1.54, 1.807) is 12.1 Å². The van der Waals surface area contributed by atoms with Gasteiger partial charge in [0.25, 0.3) is 0 Å². The van der Waals surface area contributed by atoms with Crippen molar-refractivity contribution < 1.29 is 26.3 Å². The Bertz CT molecular complexity index is 1330. The summed E-state index contributed by atoms with van der Waals surface area (Å²) in [4.78, 5) is 0. The first-order valence-corrected chi connectivity index (χ1v) is 10.6. The molecule has 0 fully saturated rings. The summed E-state index contributed by atoms with van der Waals surface area (Å²) in [6.07, 6.45) is 2.02. The molecule has 0 aliphatic carbocycles. The molecular weight excluding hydrogens is 438 g/mol. The molecule has 33 heavy (non-hydrogen) atoms. The molecule has 0 aliphatic heterocycles. The van der Waals surface area contributed by atoms with Crippen LogP contribution < -0.4 is 0 Å². The fourth-order valence-electron chi connectivity index (χ4n) is 4.01. The van der Waals surface area contributed by atoms with Crippen LogP contribution in [0.3, 0.4) is 0 Å². The molecule has 0 heterocycles. The molecule has 0 aromatic heterocycles. The number of hydrogen-bond donors (Lipinski definition) is 0. The molecule has 0 unspecified atom stereocenters. The summed E-state index contributed by atoms with van der Waals surface area (Å²) >= 11 is 0. The maximum Gasteiger partial charge on any atom is 0.195 e. The highest BCUT2D eigenvalue weighted by atomic mass is 19.2. The van der Waals surface area contributed by atoms with Crippen molar-refractivity contribution in [3.05, 3.63) is 106 Å². The van der Waals surface area contributed by atoms with Crippen LogP contribution in [0.25, 0.3) is 21.9 Å². The predicted octanol–water partition coefficient (Wildman–Crippen LogP) is 8.08. The predicted molar refractivity (Wildman–Crippen MR) is 117 cm³/mol. The lowest BCUT2D eigenvalue weighted by Gasteiger charge is -2.11. The first-order chi connectivity index (χ1) is 15.8. The van der Waals surface area contributed by atoms with Crippen LogP contribution in [-0.4, -0.2) is 0 Å². The fourth-order valence-corrected chi connectivity index (χ4v) is 4.01. The van der Waals surface area contributed by atoms with Crippen molar-refractivity contribution in [3.63, 3.8) is 0 Å². The minimum absolute atomic E-state index is 0.0373. The largest absolute Gasteiger partial charge is 0.206 e. The Labute approximate surface area is 187 Å². The number of hydrogen-bond acceptors (Lipinski definition) is 0. The van der Waals surface area contributed by atoms with Gasteiger partial charge < -0.3 is 0 Å². The Morgan fingerprint density at radius 3 is 2.00 bits per heavy atom. The van der Waals surface area contributed by atoms with Crippen molar-refractivity contribution >= 4 is 10.8 Å². The van der Waals surface area contributed by atoms with E-state index >= 15 is 0 Å². The van der Waals surface area contributed by atoms with E-state index in [1.807, 2.05) is 12.1 Å². The summed E-state index contributed by atoms with van der Waals surface area (Å²) in [5, 5.41) is -0.792. The summed E-state index contributed by atoms with van der Waals surface area (Å²) in [5.41, 5.74) is 2.23. The number of fused-ring (bicyclic) bond motifs is 1. The van der Waals surface area contributed by atoms with Gasteiger partial charge in [-0.2, -0.15) is 0 Å². The molecule has 4 aromatic carbocycles. The Morgan fingerprint density at radius 2 is 1.30 bits per heavy atom. The Hall–Kier alpha value is -3.28. The lowest BCUT2D eigenvalue weighted by Crippen LogP contribution is -2.01. The SMILES string of the molecule is CCCc1ccc(-c2ccc(CCc3cc(F)c4c(F)c(F)c(F)cc4c3)c(F)c2F)cc1. The molecule has 0 saturated heterocycles. The highest BCUT2D eigenvalue weighted by Gasteiger charge is 2.18. The normalized spacial score (nSPS) is 11.4. The first-order valence-electron chi connectivity index (χ1n) is 10.6. The van der Waals surface area contributed by atoms with Gasteiger partial charge in [-0.1, -0.05) is 55.8 Å². The van der Waals surface area contributed by atoms with Crippen molar-refractivity contribution in [2.24, 2.45) is 0 Å². The van der Waals surface area contributed by atoms with E-state index in [1.165, 1.54) is 18.2 Å². The molecule has 0 radical (unpaired) electrons. The average molecular weight is 458 g/mol. The number of halogens is 6. The molecule has 4 rings (SSSR count). The van der Waals surface area contributed by atoms with Gasteiger partial charge in [0.2, 0.25) is 0 Å². The number of aryl methyl sites for hydroxylation is 3.